The van der Waals surface area contributed by atoms with Gasteiger partial charge in [-0.3, -0.25) is 4.79 Å². The second-order valence-electron chi connectivity index (χ2n) is 5.46. The molecule has 0 aliphatic rings. The highest BCUT2D eigenvalue weighted by Crippen LogP contribution is 2.09. The van der Waals surface area contributed by atoms with Crippen LogP contribution >= 0.6 is 0 Å². The highest BCUT2D eigenvalue weighted by Gasteiger charge is 2.02. The average molecular weight is 284 g/mol. The van der Waals surface area contributed by atoms with Crippen molar-refractivity contribution >= 4 is 12.3 Å². The highest BCUT2D eigenvalue weighted by atomic mass is 16.5. The molecule has 0 radical (unpaired) electrons. The third-order valence-corrected chi connectivity index (χ3v) is 3.46. The molecule has 0 aromatic heterocycles. The number of hydrogen-bond acceptors (Lipinski definition) is 3. The van der Waals surface area contributed by atoms with E-state index in [2.05, 4.69) is 6.92 Å². The van der Waals surface area contributed by atoms with Gasteiger partial charge in [-0.2, -0.15) is 0 Å². The van der Waals surface area contributed by atoms with Gasteiger partial charge in [-0.15, -0.1) is 0 Å². The van der Waals surface area contributed by atoms with Gasteiger partial charge in [0.15, 0.2) is 0 Å². The molecule has 0 bridgehead atoms. The number of esters is 1. The van der Waals surface area contributed by atoms with Crippen molar-refractivity contribution < 1.29 is 14.3 Å². The number of unbranched alkanes of at least 4 members (excludes halogenated alkanes) is 10. The predicted molar refractivity (Wildman–Crippen MR) is 82.7 cm³/mol. The van der Waals surface area contributed by atoms with Crippen LogP contribution in [0.15, 0.2) is 0 Å². The molecule has 0 fully saturated rings. The number of rotatable bonds is 15. The van der Waals surface area contributed by atoms with Crippen LogP contribution in [0.25, 0.3) is 0 Å². The van der Waals surface area contributed by atoms with Crippen LogP contribution < -0.4 is 0 Å². The molecule has 0 saturated heterocycles. The van der Waals surface area contributed by atoms with Crippen LogP contribution in [0.1, 0.15) is 90.4 Å². The fourth-order valence-electron chi connectivity index (χ4n) is 2.17. The van der Waals surface area contributed by atoms with Crippen LogP contribution in [0.3, 0.4) is 0 Å². The van der Waals surface area contributed by atoms with Gasteiger partial charge in [-0.25, -0.2) is 0 Å². The summed E-state index contributed by atoms with van der Waals surface area (Å²) < 4.78 is 5.19. The van der Waals surface area contributed by atoms with Crippen molar-refractivity contribution in [2.45, 2.75) is 90.4 Å². The second-order valence-corrected chi connectivity index (χ2v) is 5.46. The minimum atomic E-state index is -0.0496. The fourth-order valence-corrected chi connectivity index (χ4v) is 2.17. The van der Waals surface area contributed by atoms with Crippen molar-refractivity contribution in [3.05, 3.63) is 0 Å². The number of carbonyl (C=O) groups excluding carboxylic acids is 2. The summed E-state index contributed by atoms with van der Waals surface area (Å²) in [5.74, 6) is -0.0496. The average Bonchev–Trinajstić information content (AvgIpc) is 2.45. The lowest BCUT2D eigenvalue weighted by atomic mass is 10.1. The van der Waals surface area contributed by atoms with E-state index < -0.39 is 0 Å². The molecule has 0 aromatic carbocycles. The Hall–Kier alpha value is -0.860. The molecule has 0 N–H and O–H groups in total. The van der Waals surface area contributed by atoms with Gasteiger partial charge in [0.25, 0.3) is 0 Å². The summed E-state index contributed by atoms with van der Waals surface area (Å²) in [6, 6.07) is 0. The van der Waals surface area contributed by atoms with Crippen LogP contribution in [-0.4, -0.2) is 18.9 Å². The first kappa shape index (κ1) is 19.1. The summed E-state index contributed by atoms with van der Waals surface area (Å²) in [6.45, 7) is 2.76. The van der Waals surface area contributed by atoms with Crippen molar-refractivity contribution in [2.24, 2.45) is 0 Å². The molecule has 3 nitrogen and oxygen atoms in total. The molecular formula is C17H32O3. The van der Waals surface area contributed by atoms with Crippen LogP contribution in [-0.2, 0) is 14.3 Å². The summed E-state index contributed by atoms with van der Waals surface area (Å²) in [6.07, 6.45) is 14.7. The van der Waals surface area contributed by atoms with Crippen molar-refractivity contribution in [1.29, 1.82) is 0 Å². The normalized spacial score (nSPS) is 10.4. The SMILES string of the molecule is CCCCCCCCCC(=O)OCCCCCCC=O. The quantitative estimate of drug-likeness (QED) is 0.246. The van der Waals surface area contributed by atoms with Crippen LogP contribution in [0.2, 0.25) is 0 Å². The predicted octanol–water partition coefficient (Wildman–Crippen LogP) is 4.82. The maximum absolute atomic E-state index is 11.4. The third-order valence-electron chi connectivity index (χ3n) is 3.46. The number of ether oxygens (including phenoxy) is 1. The first-order valence-corrected chi connectivity index (χ1v) is 8.40. The topological polar surface area (TPSA) is 43.4 Å². The Balaban J connectivity index is 3.14. The molecule has 0 amide bonds. The summed E-state index contributed by atoms with van der Waals surface area (Å²) in [5, 5.41) is 0. The van der Waals surface area contributed by atoms with Gasteiger partial charge in [-0.1, -0.05) is 58.3 Å². The zero-order valence-electron chi connectivity index (χ0n) is 13.2. The lowest BCUT2D eigenvalue weighted by molar-refractivity contribution is -0.143. The summed E-state index contributed by atoms with van der Waals surface area (Å²) in [5.41, 5.74) is 0. The van der Waals surface area contributed by atoms with Gasteiger partial charge in [-0.05, 0) is 19.3 Å². The Kier molecular flexibility index (Phi) is 15.5. The van der Waals surface area contributed by atoms with E-state index in [-0.39, 0.29) is 5.97 Å². The van der Waals surface area contributed by atoms with Crippen LogP contribution in [0, 0.1) is 0 Å². The minimum absolute atomic E-state index is 0.0496. The van der Waals surface area contributed by atoms with E-state index in [1.54, 1.807) is 0 Å². The molecule has 0 aliphatic heterocycles. The standard InChI is InChI=1S/C17H32O3/c1-2-3-4-5-6-8-11-14-17(19)20-16-13-10-7-9-12-15-18/h15H,2-14,16H2,1H3. The zero-order chi connectivity index (χ0) is 14.9. The van der Waals surface area contributed by atoms with Gasteiger partial charge >= 0.3 is 5.97 Å². The van der Waals surface area contributed by atoms with Gasteiger partial charge in [0.05, 0.1) is 6.61 Å². The Bertz CT molecular complexity index is 226. The van der Waals surface area contributed by atoms with Crippen LogP contribution in [0.4, 0.5) is 0 Å². The smallest absolute Gasteiger partial charge is 0.305 e. The molecule has 0 unspecified atom stereocenters. The maximum Gasteiger partial charge on any atom is 0.305 e. The molecule has 0 spiro atoms. The molecule has 0 aliphatic carbocycles. The summed E-state index contributed by atoms with van der Waals surface area (Å²) in [4.78, 5) is 21.6. The zero-order valence-corrected chi connectivity index (χ0v) is 13.2. The van der Waals surface area contributed by atoms with E-state index in [1.807, 2.05) is 0 Å². The maximum atomic E-state index is 11.4. The number of hydrogen-bond donors (Lipinski definition) is 0. The van der Waals surface area contributed by atoms with Crippen LogP contribution in [0.5, 0.6) is 0 Å². The van der Waals surface area contributed by atoms with Crippen molar-refractivity contribution in [1.82, 2.24) is 0 Å². The Morgan fingerprint density at radius 1 is 0.850 bits per heavy atom. The molecule has 118 valence electrons. The van der Waals surface area contributed by atoms with E-state index in [0.717, 1.165) is 44.8 Å². The van der Waals surface area contributed by atoms with E-state index in [9.17, 15) is 9.59 Å². The first-order chi connectivity index (χ1) is 9.81. The third kappa shape index (κ3) is 15.2. The van der Waals surface area contributed by atoms with Crippen molar-refractivity contribution in [2.75, 3.05) is 6.61 Å². The Morgan fingerprint density at radius 2 is 1.45 bits per heavy atom. The van der Waals surface area contributed by atoms with E-state index in [1.165, 1.54) is 32.1 Å². The Morgan fingerprint density at radius 3 is 2.15 bits per heavy atom. The van der Waals surface area contributed by atoms with Gasteiger partial charge in [0.2, 0.25) is 0 Å². The van der Waals surface area contributed by atoms with Gasteiger partial charge in [0.1, 0.15) is 6.29 Å². The lowest BCUT2D eigenvalue weighted by Gasteiger charge is -2.05. The van der Waals surface area contributed by atoms with Crippen molar-refractivity contribution in [3.8, 4) is 0 Å². The molecule has 0 saturated carbocycles. The summed E-state index contributed by atoms with van der Waals surface area (Å²) >= 11 is 0. The van der Waals surface area contributed by atoms with Gasteiger partial charge in [0, 0.05) is 12.8 Å². The largest absolute Gasteiger partial charge is 0.466 e. The van der Waals surface area contributed by atoms with Crippen molar-refractivity contribution in [3.63, 3.8) is 0 Å². The fraction of sp³-hybridized carbons (Fsp3) is 0.882. The monoisotopic (exact) mass is 284 g/mol. The van der Waals surface area contributed by atoms with Gasteiger partial charge < -0.3 is 9.53 Å². The lowest BCUT2D eigenvalue weighted by Crippen LogP contribution is -2.05. The molecule has 0 heterocycles. The highest BCUT2D eigenvalue weighted by molar-refractivity contribution is 5.69. The molecular weight excluding hydrogens is 252 g/mol. The number of carbonyl (C=O) groups is 2. The molecule has 0 rings (SSSR count). The van der Waals surface area contributed by atoms with E-state index >= 15 is 0 Å². The molecule has 3 heteroatoms. The molecule has 0 atom stereocenters. The first-order valence-electron chi connectivity index (χ1n) is 8.40. The number of aldehydes is 1. The summed E-state index contributed by atoms with van der Waals surface area (Å²) in [7, 11) is 0. The molecule has 20 heavy (non-hydrogen) atoms. The Labute approximate surface area is 124 Å². The minimum Gasteiger partial charge on any atom is -0.466 e. The van der Waals surface area contributed by atoms with E-state index in [4.69, 9.17) is 4.74 Å². The van der Waals surface area contributed by atoms with E-state index in [0.29, 0.717) is 19.4 Å². The second kappa shape index (κ2) is 16.2. The molecule has 0 aromatic rings.